The largest absolute Gasteiger partial charge is 0.497 e. The second-order valence-electron chi connectivity index (χ2n) is 6.65. The van der Waals surface area contributed by atoms with Crippen LogP contribution in [-0.4, -0.2) is 23.3 Å². The number of amides is 1. The Hall–Kier alpha value is -2.72. The van der Waals surface area contributed by atoms with Gasteiger partial charge in [0.25, 0.3) is 5.91 Å². The van der Waals surface area contributed by atoms with Gasteiger partial charge in [-0.05, 0) is 36.8 Å². The minimum absolute atomic E-state index is 0.0686. The predicted octanol–water partition coefficient (Wildman–Crippen LogP) is 5.21. The number of rotatable bonds is 7. The molecular weight excluding hydrogens is 374 g/mol. The van der Waals surface area contributed by atoms with Gasteiger partial charge in [0, 0.05) is 18.5 Å². The van der Waals surface area contributed by atoms with Crippen LogP contribution in [0.25, 0.3) is 0 Å². The first-order valence-electron chi connectivity index (χ1n) is 9.15. The lowest BCUT2D eigenvalue weighted by molar-refractivity contribution is -0.146. The van der Waals surface area contributed by atoms with E-state index < -0.39 is 6.23 Å². The Morgan fingerprint density at radius 2 is 1.89 bits per heavy atom. The third-order valence-electron chi connectivity index (χ3n) is 4.77. The second kappa shape index (κ2) is 8.98. The highest BCUT2D eigenvalue weighted by Crippen LogP contribution is 2.36. The van der Waals surface area contributed by atoms with Gasteiger partial charge in [-0.3, -0.25) is 9.69 Å². The number of nitrogens with zero attached hydrogens (tertiary/aromatic N) is 1. The number of hydrogen-bond acceptors (Lipinski definition) is 3. The number of carbonyl (C=O) groups is 1. The van der Waals surface area contributed by atoms with Crippen LogP contribution in [0.5, 0.6) is 5.75 Å². The number of methoxy groups -OCH3 is 1. The Morgan fingerprint density at radius 1 is 1.21 bits per heavy atom. The fourth-order valence-electron chi connectivity index (χ4n) is 3.19. The molecule has 146 valence electrons. The highest BCUT2D eigenvalue weighted by molar-refractivity contribution is 6.22. The summed E-state index contributed by atoms with van der Waals surface area (Å²) < 4.78 is 11.4. The van der Waals surface area contributed by atoms with Crippen molar-refractivity contribution in [1.29, 1.82) is 0 Å². The minimum Gasteiger partial charge on any atom is -0.497 e. The fourth-order valence-corrected chi connectivity index (χ4v) is 3.35. The van der Waals surface area contributed by atoms with E-state index in [0.717, 1.165) is 16.9 Å². The number of allylic oxidation sites excluding steroid dienone is 2. The quantitative estimate of drug-likeness (QED) is 0.475. The lowest BCUT2D eigenvalue weighted by Gasteiger charge is -2.38. The van der Waals surface area contributed by atoms with Gasteiger partial charge in [-0.2, -0.15) is 0 Å². The van der Waals surface area contributed by atoms with Crippen molar-refractivity contribution >= 4 is 17.5 Å². The zero-order valence-electron chi connectivity index (χ0n) is 16.1. The summed E-state index contributed by atoms with van der Waals surface area (Å²) in [4.78, 5) is 15.1. The third-order valence-corrected chi connectivity index (χ3v) is 5.10. The number of halogens is 1. The van der Waals surface area contributed by atoms with Gasteiger partial charge in [-0.25, -0.2) is 0 Å². The monoisotopic (exact) mass is 397 g/mol. The van der Waals surface area contributed by atoms with E-state index >= 15 is 0 Å². The number of ether oxygens (including phenoxy) is 2. The smallest absolute Gasteiger partial charge is 0.256 e. The zero-order chi connectivity index (χ0) is 20.1. The molecule has 0 N–H and O–H groups in total. The molecule has 2 aromatic carbocycles. The van der Waals surface area contributed by atoms with Gasteiger partial charge in [0.05, 0.1) is 18.1 Å². The standard InChI is InChI=1S/C23H24ClNO3/c1-4-19(24)14-21-16(2)28-23(18-10-12-20(27-3)13-11-18)25(22(21)26)15-17-8-6-5-7-9-17/h4-13,19,23H,1,14-15H2,2-3H3. The van der Waals surface area contributed by atoms with E-state index in [1.54, 1.807) is 18.1 Å². The molecule has 1 amide bonds. The Bertz CT molecular complexity index is 861. The summed E-state index contributed by atoms with van der Waals surface area (Å²) in [5.41, 5.74) is 2.50. The summed E-state index contributed by atoms with van der Waals surface area (Å²) in [6, 6.07) is 17.4. The van der Waals surface area contributed by atoms with E-state index in [2.05, 4.69) is 6.58 Å². The summed E-state index contributed by atoms with van der Waals surface area (Å²) in [5.74, 6) is 1.29. The minimum atomic E-state index is -0.514. The summed E-state index contributed by atoms with van der Waals surface area (Å²) in [7, 11) is 1.62. The summed E-state index contributed by atoms with van der Waals surface area (Å²) >= 11 is 6.23. The normalized spacial score (nSPS) is 17.9. The van der Waals surface area contributed by atoms with Gasteiger partial charge >= 0.3 is 0 Å². The molecule has 0 saturated carbocycles. The zero-order valence-corrected chi connectivity index (χ0v) is 16.9. The van der Waals surface area contributed by atoms with Crippen molar-refractivity contribution < 1.29 is 14.3 Å². The molecule has 1 heterocycles. The molecule has 0 aliphatic carbocycles. The van der Waals surface area contributed by atoms with E-state index in [-0.39, 0.29) is 11.3 Å². The Labute approximate surface area is 171 Å². The molecule has 28 heavy (non-hydrogen) atoms. The molecule has 3 rings (SSSR count). The first-order valence-corrected chi connectivity index (χ1v) is 9.59. The molecule has 2 unspecified atom stereocenters. The predicted molar refractivity (Wildman–Crippen MR) is 111 cm³/mol. The molecule has 4 nitrogen and oxygen atoms in total. The van der Waals surface area contributed by atoms with E-state index in [1.165, 1.54) is 0 Å². The maximum Gasteiger partial charge on any atom is 0.256 e. The van der Waals surface area contributed by atoms with Crippen molar-refractivity contribution in [3.63, 3.8) is 0 Å². The van der Waals surface area contributed by atoms with Crippen LogP contribution < -0.4 is 4.74 Å². The van der Waals surface area contributed by atoms with Crippen molar-refractivity contribution in [3.05, 3.63) is 89.7 Å². The average Bonchev–Trinajstić information content (AvgIpc) is 2.73. The van der Waals surface area contributed by atoms with Crippen molar-refractivity contribution in [2.45, 2.75) is 31.5 Å². The SMILES string of the molecule is C=CC(Cl)CC1=C(C)OC(c2ccc(OC)cc2)N(Cc2ccccc2)C1=O. The molecule has 1 aliphatic rings. The first kappa shape index (κ1) is 20.0. The van der Waals surface area contributed by atoms with Crippen LogP contribution in [0.15, 0.2) is 78.6 Å². The van der Waals surface area contributed by atoms with Crippen LogP contribution in [0.2, 0.25) is 0 Å². The summed E-state index contributed by atoms with van der Waals surface area (Å²) in [6.45, 7) is 5.96. The second-order valence-corrected chi connectivity index (χ2v) is 7.21. The molecule has 2 aromatic rings. The maximum absolute atomic E-state index is 13.4. The van der Waals surface area contributed by atoms with Crippen molar-refractivity contribution in [3.8, 4) is 5.75 Å². The molecule has 1 aliphatic heterocycles. The number of carbonyl (C=O) groups excluding carboxylic acids is 1. The van der Waals surface area contributed by atoms with Crippen molar-refractivity contribution in [1.82, 2.24) is 4.90 Å². The van der Waals surface area contributed by atoms with Gasteiger partial charge in [-0.15, -0.1) is 18.2 Å². The molecule has 2 atom stereocenters. The lowest BCUT2D eigenvalue weighted by atomic mass is 10.0. The molecule has 0 radical (unpaired) electrons. The van der Waals surface area contributed by atoms with Crippen LogP contribution in [0.3, 0.4) is 0 Å². The van der Waals surface area contributed by atoms with E-state index in [9.17, 15) is 4.79 Å². The van der Waals surface area contributed by atoms with Crippen molar-refractivity contribution in [2.75, 3.05) is 7.11 Å². The topological polar surface area (TPSA) is 38.8 Å². The number of alkyl halides is 1. The molecular formula is C23H24ClNO3. The lowest BCUT2D eigenvalue weighted by Crippen LogP contribution is -2.41. The molecule has 0 fully saturated rings. The van der Waals surface area contributed by atoms with Crippen LogP contribution in [0.1, 0.15) is 30.7 Å². The van der Waals surface area contributed by atoms with Crippen LogP contribution in [0, 0.1) is 0 Å². The van der Waals surface area contributed by atoms with E-state index in [1.807, 2.05) is 61.5 Å². The molecule has 0 aromatic heterocycles. The van der Waals surface area contributed by atoms with Crippen molar-refractivity contribution in [2.24, 2.45) is 0 Å². The summed E-state index contributed by atoms with van der Waals surface area (Å²) in [5, 5.41) is -0.325. The third kappa shape index (κ3) is 4.39. The maximum atomic E-state index is 13.4. The first-order chi connectivity index (χ1) is 13.5. The number of hydrogen-bond donors (Lipinski definition) is 0. The highest BCUT2D eigenvalue weighted by atomic mass is 35.5. The number of benzene rings is 2. The average molecular weight is 398 g/mol. The van der Waals surface area contributed by atoms with Crippen LogP contribution in [0.4, 0.5) is 0 Å². The van der Waals surface area contributed by atoms with Crippen LogP contribution in [-0.2, 0) is 16.1 Å². The van der Waals surface area contributed by atoms with Gasteiger partial charge in [0.15, 0.2) is 0 Å². The van der Waals surface area contributed by atoms with E-state index in [4.69, 9.17) is 21.1 Å². The Kier molecular flexibility index (Phi) is 6.42. The molecule has 0 bridgehead atoms. The van der Waals surface area contributed by atoms with Gasteiger partial charge in [0.1, 0.15) is 11.5 Å². The highest BCUT2D eigenvalue weighted by Gasteiger charge is 2.35. The Morgan fingerprint density at radius 3 is 2.50 bits per heavy atom. The summed E-state index contributed by atoms with van der Waals surface area (Å²) in [6.07, 6.45) is 1.50. The van der Waals surface area contributed by atoms with Gasteiger partial charge < -0.3 is 9.47 Å². The van der Waals surface area contributed by atoms with Gasteiger partial charge in [-0.1, -0.05) is 36.4 Å². The fraction of sp³-hybridized carbons (Fsp3) is 0.261. The van der Waals surface area contributed by atoms with Crippen LogP contribution >= 0.6 is 11.6 Å². The molecule has 0 saturated heterocycles. The molecule has 0 spiro atoms. The Balaban J connectivity index is 1.97. The van der Waals surface area contributed by atoms with E-state index in [0.29, 0.717) is 24.3 Å². The van der Waals surface area contributed by atoms with Gasteiger partial charge in [0.2, 0.25) is 6.23 Å². The molecule has 5 heteroatoms.